The van der Waals surface area contributed by atoms with Crippen molar-refractivity contribution < 1.29 is 43.3 Å². The van der Waals surface area contributed by atoms with Gasteiger partial charge in [0.2, 0.25) is 17.7 Å². The number of ether oxygens (including phenoxy) is 2. The lowest BCUT2D eigenvalue weighted by molar-refractivity contribution is -0.142. The van der Waals surface area contributed by atoms with Crippen LogP contribution in [0.4, 0.5) is 9.59 Å². The zero-order chi connectivity index (χ0) is 41.0. The second-order valence-corrected chi connectivity index (χ2v) is 16.6. The first-order valence-electron chi connectivity index (χ1n) is 18.9. The number of carboxylic acids is 1. The molecule has 0 spiro atoms. The molecule has 0 aliphatic heterocycles. The molecule has 0 saturated heterocycles. The van der Waals surface area contributed by atoms with Gasteiger partial charge < -0.3 is 41.2 Å². The lowest BCUT2D eigenvalue weighted by Gasteiger charge is -2.32. The normalized spacial score (nSPS) is 15.1. The number of amides is 5. The molecule has 1 aliphatic rings. The second kappa shape index (κ2) is 19.4. The predicted molar refractivity (Wildman–Crippen MR) is 207 cm³/mol. The molecule has 3 atom stereocenters. The topological polar surface area (TPSA) is 201 Å². The second-order valence-electron chi connectivity index (χ2n) is 16.6. The van der Waals surface area contributed by atoms with E-state index in [9.17, 15) is 33.9 Å². The molecule has 0 fully saturated rings. The number of carbonyl (C=O) groups is 6. The van der Waals surface area contributed by atoms with Gasteiger partial charge in [-0.1, -0.05) is 68.4 Å². The van der Waals surface area contributed by atoms with Crippen LogP contribution in [-0.2, 0) is 47.9 Å². The van der Waals surface area contributed by atoms with E-state index in [1.54, 1.807) is 53.7 Å². The van der Waals surface area contributed by atoms with Crippen LogP contribution in [0, 0.1) is 5.92 Å². The summed E-state index contributed by atoms with van der Waals surface area (Å²) >= 11 is 0. The summed E-state index contributed by atoms with van der Waals surface area (Å²) < 4.78 is 10.7. The summed E-state index contributed by atoms with van der Waals surface area (Å²) in [5.74, 6) is -3.24. The zero-order valence-electron chi connectivity index (χ0n) is 33.4. The Morgan fingerprint density at radius 2 is 1.24 bits per heavy atom. The Labute approximate surface area is 324 Å². The third-order valence-electron chi connectivity index (χ3n) is 8.72. The molecule has 2 aromatic carbocycles. The van der Waals surface area contributed by atoms with Crippen molar-refractivity contribution in [2.45, 2.75) is 135 Å². The van der Waals surface area contributed by atoms with Crippen molar-refractivity contribution in [2.75, 3.05) is 6.54 Å². The Morgan fingerprint density at radius 3 is 1.78 bits per heavy atom. The number of benzene rings is 2. The Hall–Kier alpha value is -5.14. The van der Waals surface area contributed by atoms with E-state index < -0.39 is 70.7 Å². The summed E-state index contributed by atoms with van der Waals surface area (Å²) in [4.78, 5) is 79.4. The standard InChI is InChI=1S/C41H59N5O9/c1-26(2)22-31(33(47)43-30(35(49)50)20-14-15-21-42-37(52)54-39(3,4)5)44-34(48)32(23-27-16-10-9-11-17-27)45-36(51)41(46-38(53)55-40(6,7)8)24-28-18-12-13-19-29(28)25-41/h9-13,16-19,26,30-32H,14-15,20-25H2,1-8H3,(H,42,52)(H,43,47)(H,44,48)(H,45,51)(H,46,53)(H,49,50)/t30-,31?,32-/m1/s1. The Morgan fingerprint density at radius 1 is 0.709 bits per heavy atom. The molecule has 0 radical (unpaired) electrons. The summed E-state index contributed by atoms with van der Waals surface area (Å²) in [7, 11) is 0. The molecular weight excluding hydrogens is 706 g/mol. The molecule has 0 saturated carbocycles. The molecule has 55 heavy (non-hydrogen) atoms. The number of alkyl carbamates (subject to hydrolysis) is 2. The van der Waals surface area contributed by atoms with E-state index in [1.165, 1.54) is 0 Å². The average Bonchev–Trinajstić information content (AvgIpc) is 3.44. The highest BCUT2D eigenvalue weighted by Gasteiger charge is 2.47. The zero-order valence-corrected chi connectivity index (χ0v) is 33.4. The minimum atomic E-state index is -1.47. The molecule has 0 aromatic heterocycles. The van der Waals surface area contributed by atoms with Gasteiger partial charge in [-0.2, -0.15) is 0 Å². The van der Waals surface area contributed by atoms with Gasteiger partial charge in [0.05, 0.1) is 0 Å². The Bertz CT molecular complexity index is 1620. The molecule has 6 N–H and O–H groups in total. The molecule has 1 unspecified atom stereocenters. The summed E-state index contributed by atoms with van der Waals surface area (Å²) in [6.07, 6.45) is 0.145. The van der Waals surface area contributed by atoms with Crippen molar-refractivity contribution in [3.63, 3.8) is 0 Å². The highest BCUT2D eigenvalue weighted by Crippen LogP contribution is 2.31. The van der Waals surface area contributed by atoms with E-state index in [4.69, 9.17) is 9.47 Å². The van der Waals surface area contributed by atoms with Gasteiger partial charge in [-0.25, -0.2) is 14.4 Å². The molecule has 0 bridgehead atoms. The first-order chi connectivity index (χ1) is 25.7. The van der Waals surface area contributed by atoms with Crippen molar-refractivity contribution in [1.29, 1.82) is 0 Å². The Balaban J connectivity index is 1.79. The smallest absolute Gasteiger partial charge is 0.408 e. The van der Waals surface area contributed by atoms with Gasteiger partial charge in [-0.3, -0.25) is 14.4 Å². The minimum absolute atomic E-state index is 0.0684. The van der Waals surface area contributed by atoms with Crippen LogP contribution in [0.15, 0.2) is 54.6 Å². The van der Waals surface area contributed by atoms with Crippen molar-refractivity contribution in [3.8, 4) is 0 Å². The largest absolute Gasteiger partial charge is 0.480 e. The van der Waals surface area contributed by atoms with E-state index >= 15 is 0 Å². The van der Waals surface area contributed by atoms with E-state index in [1.807, 2.05) is 56.3 Å². The molecule has 1 aliphatic carbocycles. The summed E-state index contributed by atoms with van der Waals surface area (Å²) in [5, 5.41) is 23.6. The molecule has 0 heterocycles. The number of hydrogen-bond donors (Lipinski definition) is 6. The van der Waals surface area contributed by atoms with E-state index in [-0.39, 0.29) is 44.6 Å². The van der Waals surface area contributed by atoms with Crippen LogP contribution in [0.2, 0.25) is 0 Å². The van der Waals surface area contributed by atoms with Gasteiger partial charge in [0.1, 0.15) is 34.9 Å². The Kier molecular flexibility index (Phi) is 15.6. The van der Waals surface area contributed by atoms with Crippen LogP contribution in [0.3, 0.4) is 0 Å². The van der Waals surface area contributed by atoms with Crippen molar-refractivity contribution in [1.82, 2.24) is 26.6 Å². The minimum Gasteiger partial charge on any atom is -0.480 e. The van der Waals surface area contributed by atoms with Crippen LogP contribution < -0.4 is 26.6 Å². The fourth-order valence-electron chi connectivity index (χ4n) is 6.26. The van der Waals surface area contributed by atoms with Gasteiger partial charge in [-0.15, -0.1) is 0 Å². The van der Waals surface area contributed by atoms with Gasteiger partial charge in [-0.05, 0) is 89.8 Å². The van der Waals surface area contributed by atoms with E-state index in [2.05, 4.69) is 26.6 Å². The fourth-order valence-corrected chi connectivity index (χ4v) is 6.26. The number of rotatable bonds is 17. The third-order valence-corrected chi connectivity index (χ3v) is 8.72. The first kappa shape index (κ1) is 44.3. The van der Waals surface area contributed by atoms with Gasteiger partial charge in [0, 0.05) is 25.8 Å². The SMILES string of the molecule is CC(C)CC(NC(=O)[C@@H](Cc1ccccc1)NC(=O)C1(NC(=O)OC(C)(C)C)Cc2ccccc2C1)C(=O)N[C@H](CCCCNC(=O)OC(C)(C)C)C(=O)O. The van der Waals surface area contributed by atoms with Crippen LogP contribution >= 0.6 is 0 Å². The number of unbranched alkanes of at least 4 members (excludes halogenated alkanes) is 1. The van der Waals surface area contributed by atoms with Crippen molar-refractivity contribution in [3.05, 3.63) is 71.3 Å². The summed E-state index contributed by atoms with van der Waals surface area (Å²) in [6.45, 7) is 14.4. The number of fused-ring (bicyclic) bond motifs is 1. The highest BCUT2D eigenvalue weighted by atomic mass is 16.6. The number of carbonyl (C=O) groups excluding carboxylic acids is 5. The lowest BCUT2D eigenvalue weighted by Crippen LogP contribution is -2.64. The van der Waals surface area contributed by atoms with Crippen LogP contribution in [0.25, 0.3) is 0 Å². The molecule has 14 heteroatoms. The maximum absolute atomic E-state index is 14.4. The molecule has 5 amide bonds. The van der Waals surface area contributed by atoms with Crippen LogP contribution in [-0.4, -0.2) is 82.4 Å². The molecule has 14 nitrogen and oxygen atoms in total. The fraction of sp³-hybridized carbons (Fsp3) is 0.561. The monoisotopic (exact) mass is 765 g/mol. The van der Waals surface area contributed by atoms with Crippen molar-refractivity contribution >= 4 is 35.9 Å². The van der Waals surface area contributed by atoms with E-state index in [0.29, 0.717) is 12.8 Å². The average molecular weight is 766 g/mol. The third kappa shape index (κ3) is 14.9. The molecule has 302 valence electrons. The number of carboxylic acid groups (broad SMARTS) is 1. The highest BCUT2D eigenvalue weighted by molar-refractivity contribution is 5.97. The van der Waals surface area contributed by atoms with Crippen LogP contribution in [0.1, 0.15) is 97.8 Å². The predicted octanol–water partition coefficient (Wildman–Crippen LogP) is 4.57. The lowest BCUT2D eigenvalue weighted by atomic mass is 9.93. The van der Waals surface area contributed by atoms with Crippen LogP contribution in [0.5, 0.6) is 0 Å². The van der Waals surface area contributed by atoms with E-state index in [0.717, 1.165) is 16.7 Å². The van der Waals surface area contributed by atoms with Gasteiger partial charge >= 0.3 is 18.2 Å². The number of nitrogens with one attached hydrogen (secondary N) is 5. The quantitative estimate of drug-likeness (QED) is 0.125. The maximum Gasteiger partial charge on any atom is 0.408 e. The molecular formula is C41H59N5O9. The molecule has 2 aromatic rings. The maximum atomic E-state index is 14.4. The van der Waals surface area contributed by atoms with Gasteiger partial charge in [0.15, 0.2) is 0 Å². The van der Waals surface area contributed by atoms with Gasteiger partial charge in [0.25, 0.3) is 0 Å². The molecule has 3 rings (SSSR count). The first-order valence-corrected chi connectivity index (χ1v) is 18.9. The summed E-state index contributed by atoms with van der Waals surface area (Å²) in [6, 6.07) is 13.0. The summed E-state index contributed by atoms with van der Waals surface area (Å²) in [5.41, 5.74) is -0.455. The van der Waals surface area contributed by atoms with Crippen molar-refractivity contribution in [2.24, 2.45) is 5.92 Å². The number of hydrogen-bond acceptors (Lipinski definition) is 8. The number of aliphatic carboxylic acids is 1.